The van der Waals surface area contributed by atoms with Crippen molar-refractivity contribution < 1.29 is 23.9 Å². The lowest BCUT2D eigenvalue weighted by molar-refractivity contribution is -0.119. The molecule has 2 aromatic rings. The van der Waals surface area contributed by atoms with Crippen molar-refractivity contribution in [2.45, 2.75) is 6.92 Å². The Kier molecular flexibility index (Phi) is 7.97. The Morgan fingerprint density at radius 3 is 2.29 bits per heavy atom. The number of likely N-dealkylation sites (N-methyl/N-ethyl adjacent to an activating group) is 1. The number of carbonyl (C=O) groups is 3. The maximum Gasteiger partial charge on any atom is 0.341 e. The molecule has 1 aromatic carbocycles. The third-order valence-electron chi connectivity index (χ3n) is 3.61. The normalized spacial score (nSPS) is 10.4. The average Bonchev–Trinajstić information content (AvgIpc) is 3.10. The van der Waals surface area contributed by atoms with Gasteiger partial charge in [0.1, 0.15) is 10.8 Å². The molecule has 0 spiro atoms. The first-order valence-electron chi connectivity index (χ1n) is 8.59. The lowest BCUT2D eigenvalue weighted by Crippen LogP contribution is -2.36. The van der Waals surface area contributed by atoms with Crippen LogP contribution in [-0.2, 0) is 14.3 Å². The molecule has 0 unspecified atom stereocenters. The van der Waals surface area contributed by atoms with Gasteiger partial charge in [0.05, 0.1) is 32.4 Å². The highest BCUT2D eigenvalue weighted by atomic mass is 32.1. The van der Waals surface area contributed by atoms with Crippen LogP contribution < -0.4 is 15.4 Å². The van der Waals surface area contributed by atoms with Crippen molar-refractivity contribution in [2.75, 3.05) is 44.5 Å². The van der Waals surface area contributed by atoms with Gasteiger partial charge in [0.15, 0.2) is 0 Å². The van der Waals surface area contributed by atoms with Crippen LogP contribution in [0.1, 0.15) is 17.3 Å². The van der Waals surface area contributed by atoms with E-state index in [0.717, 1.165) is 0 Å². The zero-order valence-electron chi connectivity index (χ0n) is 16.0. The number of anilines is 2. The second-order valence-electron chi connectivity index (χ2n) is 5.88. The van der Waals surface area contributed by atoms with Crippen LogP contribution in [-0.4, -0.2) is 56.5 Å². The number of ether oxygens (including phenoxy) is 2. The second-order valence-corrected chi connectivity index (χ2v) is 6.80. The summed E-state index contributed by atoms with van der Waals surface area (Å²) < 4.78 is 10.0. The molecule has 2 N–H and O–H groups in total. The summed E-state index contributed by atoms with van der Waals surface area (Å²) in [7, 11) is 3.23. The number of methoxy groups -OCH3 is 1. The van der Waals surface area contributed by atoms with Gasteiger partial charge in [0.2, 0.25) is 11.8 Å². The van der Waals surface area contributed by atoms with Gasteiger partial charge in [-0.25, -0.2) is 4.79 Å². The predicted octanol–water partition coefficient (Wildman–Crippen LogP) is 2.44. The number of nitrogens with zero attached hydrogens (tertiary/aromatic N) is 1. The van der Waals surface area contributed by atoms with Crippen molar-refractivity contribution >= 4 is 39.8 Å². The molecule has 0 aliphatic carbocycles. The molecule has 0 radical (unpaired) electrons. The molecule has 9 heteroatoms. The van der Waals surface area contributed by atoms with Gasteiger partial charge in [0, 0.05) is 5.69 Å². The van der Waals surface area contributed by atoms with Crippen molar-refractivity contribution in [1.29, 1.82) is 0 Å². The van der Waals surface area contributed by atoms with E-state index in [2.05, 4.69) is 10.6 Å². The maximum absolute atomic E-state index is 12.2. The summed E-state index contributed by atoms with van der Waals surface area (Å²) in [6.45, 7) is 2.01. The fourth-order valence-electron chi connectivity index (χ4n) is 2.36. The van der Waals surface area contributed by atoms with Crippen LogP contribution in [0, 0.1) is 0 Å². The standard InChI is InChI=1S/C19H23N3O5S/c1-4-27-19(25)15-9-10-28-18(15)21-17(24)12-22(2)11-16(23)20-13-5-7-14(26-3)8-6-13/h5-10H,4,11-12H2,1-3H3,(H,20,23)(H,21,24). The van der Waals surface area contributed by atoms with Gasteiger partial charge >= 0.3 is 5.97 Å². The number of rotatable bonds is 9. The molecule has 1 heterocycles. The topological polar surface area (TPSA) is 97.0 Å². The minimum absolute atomic E-state index is 0.00377. The van der Waals surface area contributed by atoms with E-state index in [1.54, 1.807) is 61.7 Å². The first-order valence-corrected chi connectivity index (χ1v) is 9.47. The van der Waals surface area contributed by atoms with Crippen LogP contribution in [0.2, 0.25) is 0 Å². The highest BCUT2D eigenvalue weighted by Crippen LogP contribution is 2.24. The number of esters is 1. The van der Waals surface area contributed by atoms with E-state index in [9.17, 15) is 14.4 Å². The molecule has 150 valence electrons. The van der Waals surface area contributed by atoms with Crippen molar-refractivity contribution in [3.63, 3.8) is 0 Å². The van der Waals surface area contributed by atoms with Gasteiger partial charge in [-0.1, -0.05) is 0 Å². The summed E-state index contributed by atoms with van der Waals surface area (Å²) in [5, 5.41) is 7.57. The number of benzene rings is 1. The molecule has 0 saturated heterocycles. The van der Waals surface area contributed by atoms with Gasteiger partial charge in [-0.05, 0) is 49.7 Å². The third-order valence-corrected chi connectivity index (χ3v) is 4.44. The lowest BCUT2D eigenvalue weighted by atomic mass is 10.3. The van der Waals surface area contributed by atoms with Crippen molar-refractivity contribution in [1.82, 2.24) is 4.90 Å². The minimum Gasteiger partial charge on any atom is -0.497 e. The predicted molar refractivity (Wildman–Crippen MR) is 108 cm³/mol. The van der Waals surface area contributed by atoms with E-state index in [1.165, 1.54) is 11.3 Å². The number of hydrogen-bond donors (Lipinski definition) is 2. The molecule has 2 amide bonds. The summed E-state index contributed by atoms with van der Waals surface area (Å²) in [4.78, 5) is 37.8. The molecule has 2 rings (SSSR count). The Hall–Kier alpha value is -2.91. The van der Waals surface area contributed by atoms with Crippen LogP contribution >= 0.6 is 11.3 Å². The molecule has 0 saturated carbocycles. The van der Waals surface area contributed by atoms with Crippen LogP contribution in [0.4, 0.5) is 10.7 Å². The number of hydrogen-bond acceptors (Lipinski definition) is 7. The summed E-state index contributed by atoms with van der Waals surface area (Å²) in [5.74, 6) is -0.356. The molecule has 0 bridgehead atoms. The molecule has 8 nitrogen and oxygen atoms in total. The lowest BCUT2D eigenvalue weighted by Gasteiger charge is -2.16. The van der Waals surface area contributed by atoms with E-state index in [-0.39, 0.29) is 31.5 Å². The first kappa shape index (κ1) is 21.4. The van der Waals surface area contributed by atoms with Crippen LogP contribution in [0.3, 0.4) is 0 Å². The van der Waals surface area contributed by atoms with Gasteiger partial charge in [-0.3, -0.25) is 14.5 Å². The maximum atomic E-state index is 12.2. The van der Waals surface area contributed by atoms with Gasteiger partial charge in [-0.2, -0.15) is 0 Å². The van der Waals surface area contributed by atoms with E-state index < -0.39 is 5.97 Å². The zero-order valence-corrected chi connectivity index (χ0v) is 16.8. The van der Waals surface area contributed by atoms with Crippen LogP contribution in [0.25, 0.3) is 0 Å². The number of nitrogens with one attached hydrogen (secondary N) is 2. The van der Waals surface area contributed by atoms with E-state index in [1.807, 2.05) is 0 Å². The molecular formula is C19H23N3O5S. The SMILES string of the molecule is CCOC(=O)c1ccsc1NC(=O)CN(C)CC(=O)Nc1ccc(OC)cc1. The third kappa shape index (κ3) is 6.36. The molecule has 0 atom stereocenters. The summed E-state index contributed by atoms with van der Waals surface area (Å²) in [5.41, 5.74) is 0.960. The smallest absolute Gasteiger partial charge is 0.341 e. The van der Waals surface area contributed by atoms with Gasteiger partial charge in [-0.15, -0.1) is 11.3 Å². The van der Waals surface area contributed by atoms with E-state index >= 15 is 0 Å². The van der Waals surface area contributed by atoms with Crippen molar-refractivity contribution in [3.8, 4) is 5.75 Å². The fraction of sp³-hybridized carbons (Fsp3) is 0.316. The van der Waals surface area contributed by atoms with Gasteiger partial charge < -0.3 is 20.1 Å². The highest BCUT2D eigenvalue weighted by molar-refractivity contribution is 7.14. The summed E-state index contributed by atoms with van der Waals surface area (Å²) in [6, 6.07) is 8.56. The minimum atomic E-state index is -0.480. The monoisotopic (exact) mass is 405 g/mol. The van der Waals surface area contributed by atoms with Gasteiger partial charge in [0.25, 0.3) is 0 Å². The summed E-state index contributed by atoms with van der Waals surface area (Å²) in [6.07, 6.45) is 0. The first-order chi connectivity index (χ1) is 13.4. The Balaban J connectivity index is 1.82. The Morgan fingerprint density at radius 1 is 1.04 bits per heavy atom. The summed E-state index contributed by atoms with van der Waals surface area (Å²) >= 11 is 1.24. The van der Waals surface area contributed by atoms with E-state index in [0.29, 0.717) is 22.0 Å². The molecular weight excluding hydrogens is 382 g/mol. The molecule has 28 heavy (non-hydrogen) atoms. The molecule has 1 aromatic heterocycles. The van der Waals surface area contributed by atoms with Crippen molar-refractivity contribution in [3.05, 3.63) is 41.3 Å². The number of amides is 2. The molecule has 0 fully saturated rings. The quantitative estimate of drug-likeness (QED) is 0.622. The average molecular weight is 405 g/mol. The molecule has 0 aliphatic heterocycles. The van der Waals surface area contributed by atoms with Crippen LogP contribution in [0.5, 0.6) is 5.75 Å². The van der Waals surface area contributed by atoms with Crippen molar-refractivity contribution in [2.24, 2.45) is 0 Å². The zero-order chi connectivity index (χ0) is 20.5. The fourth-order valence-corrected chi connectivity index (χ4v) is 3.15. The number of carbonyl (C=O) groups excluding carboxylic acids is 3. The largest absolute Gasteiger partial charge is 0.497 e. The highest BCUT2D eigenvalue weighted by Gasteiger charge is 2.17. The van der Waals surface area contributed by atoms with E-state index in [4.69, 9.17) is 9.47 Å². The number of thiophene rings is 1. The van der Waals surface area contributed by atoms with Crippen LogP contribution in [0.15, 0.2) is 35.7 Å². The molecule has 0 aliphatic rings. The Labute approximate surface area is 167 Å². The Morgan fingerprint density at radius 2 is 1.68 bits per heavy atom. The second kappa shape index (κ2) is 10.4. The Bertz CT molecular complexity index is 819.